The van der Waals surface area contributed by atoms with E-state index >= 15 is 0 Å². The van der Waals surface area contributed by atoms with E-state index in [0.29, 0.717) is 18.8 Å². The Morgan fingerprint density at radius 2 is 1.81 bits per heavy atom. The van der Waals surface area contributed by atoms with Crippen molar-refractivity contribution in [3.8, 4) is 0 Å². The quantitative estimate of drug-likeness (QED) is 0.480. The van der Waals surface area contributed by atoms with Crippen LogP contribution >= 0.6 is 0 Å². The summed E-state index contributed by atoms with van der Waals surface area (Å²) >= 11 is 0. The smallest absolute Gasteiger partial charge is 0.350 e. The lowest BCUT2D eigenvalue weighted by Gasteiger charge is -2.21. The molecule has 5 heteroatoms. The molecule has 0 heterocycles. The first-order valence-corrected chi connectivity index (χ1v) is 5.25. The number of hydroxylamine groups is 2. The van der Waals surface area contributed by atoms with Crippen molar-refractivity contribution in [2.24, 2.45) is 5.84 Å². The van der Waals surface area contributed by atoms with Crippen molar-refractivity contribution < 1.29 is 9.63 Å². The van der Waals surface area contributed by atoms with Crippen LogP contribution in [-0.4, -0.2) is 24.2 Å². The third-order valence-electron chi connectivity index (χ3n) is 2.14. The zero-order valence-electron chi connectivity index (χ0n) is 9.59. The molecule has 88 valence electrons. The zero-order chi connectivity index (χ0) is 12.0. The van der Waals surface area contributed by atoms with Crippen LogP contribution < -0.4 is 10.9 Å². The number of nitrogens with zero attached hydrogens (tertiary/aromatic N) is 2. The summed E-state index contributed by atoms with van der Waals surface area (Å²) < 4.78 is 0. The summed E-state index contributed by atoms with van der Waals surface area (Å²) in [6.07, 6.45) is -0.588. The van der Waals surface area contributed by atoms with Crippen LogP contribution in [0, 0.1) is 0 Å². The summed E-state index contributed by atoms with van der Waals surface area (Å²) in [4.78, 5) is 16.7. The van der Waals surface area contributed by atoms with E-state index in [2.05, 4.69) is 0 Å². The average molecular weight is 223 g/mol. The van der Waals surface area contributed by atoms with Crippen molar-refractivity contribution in [3.05, 3.63) is 30.3 Å². The first-order valence-electron chi connectivity index (χ1n) is 5.25. The minimum atomic E-state index is -0.588. The molecule has 1 aromatic rings. The maximum absolute atomic E-state index is 11.6. The Labute approximate surface area is 95.3 Å². The lowest BCUT2D eigenvalue weighted by molar-refractivity contribution is -0.0888. The molecule has 0 spiro atoms. The molecule has 0 atom stereocenters. The van der Waals surface area contributed by atoms with E-state index < -0.39 is 6.09 Å². The molecular weight excluding hydrogens is 206 g/mol. The maximum atomic E-state index is 11.6. The van der Waals surface area contributed by atoms with Crippen LogP contribution in [0.3, 0.4) is 0 Å². The number of anilines is 1. The highest BCUT2D eigenvalue weighted by Gasteiger charge is 2.15. The number of nitrogens with two attached hydrogens (primary N) is 1. The second-order valence-electron chi connectivity index (χ2n) is 3.18. The van der Waals surface area contributed by atoms with E-state index in [1.54, 1.807) is 24.3 Å². The van der Waals surface area contributed by atoms with E-state index in [4.69, 9.17) is 10.7 Å². The number of hydrazine groups is 1. The van der Waals surface area contributed by atoms with Gasteiger partial charge in [-0.3, -0.25) is 0 Å². The fourth-order valence-corrected chi connectivity index (χ4v) is 1.20. The minimum Gasteiger partial charge on any atom is -0.350 e. The van der Waals surface area contributed by atoms with Crippen molar-refractivity contribution in [1.29, 1.82) is 0 Å². The van der Waals surface area contributed by atoms with E-state index in [1.807, 2.05) is 19.9 Å². The van der Waals surface area contributed by atoms with Crippen molar-refractivity contribution in [3.63, 3.8) is 0 Å². The Hall–Kier alpha value is -1.59. The number of rotatable bonds is 4. The van der Waals surface area contributed by atoms with Gasteiger partial charge in [-0.15, -0.1) is 5.06 Å². The minimum absolute atomic E-state index is 0.588. The number of para-hydroxylation sites is 1. The van der Waals surface area contributed by atoms with E-state index in [0.717, 1.165) is 5.01 Å². The van der Waals surface area contributed by atoms with Gasteiger partial charge in [0.05, 0.1) is 5.69 Å². The molecule has 0 aliphatic rings. The normalized spacial score (nSPS) is 10.2. The standard InChI is InChI=1S/C11H17N3O2/c1-3-13(4-2)16-11(15)14(12)10-8-6-5-7-9-10/h5-9H,3-4,12H2,1-2H3. The van der Waals surface area contributed by atoms with Gasteiger partial charge in [0.1, 0.15) is 0 Å². The predicted molar refractivity (Wildman–Crippen MR) is 62.5 cm³/mol. The van der Waals surface area contributed by atoms with E-state index in [-0.39, 0.29) is 0 Å². The Balaban J connectivity index is 2.61. The summed E-state index contributed by atoms with van der Waals surface area (Å²) in [5.74, 6) is 5.63. The van der Waals surface area contributed by atoms with Crippen molar-refractivity contribution >= 4 is 11.8 Å². The molecule has 2 N–H and O–H groups in total. The van der Waals surface area contributed by atoms with Gasteiger partial charge in [-0.1, -0.05) is 18.2 Å². The Kier molecular flexibility index (Phi) is 4.75. The highest BCUT2D eigenvalue weighted by Crippen LogP contribution is 2.10. The molecule has 1 amide bonds. The van der Waals surface area contributed by atoms with Gasteiger partial charge in [0.15, 0.2) is 0 Å². The Bertz CT molecular complexity index is 325. The molecule has 5 nitrogen and oxygen atoms in total. The van der Waals surface area contributed by atoms with Crippen LogP contribution in [0.5, 0.6) is 0 Å². The number of carbonyl (C=O) groups excluding carboxylic acids is 1. The van der Waals surface area contributed by atoms with Crippen molar-refractivity contribution in [1.82, 2.24) is 5.06 Å². The molecule has 0 bridgehead atoms. The molecule has 0 aliphatic carbocycles. The highest BCUT2D eigenvalue weighted by atomic mass is 16.7. The van der Waals surface area contributed by atoms with Gasteiger partial charge < -0.3 is 4.84 Å². The van der Waals surface area contributed by atoms with Crippen molar-refractivity contribution in [2.75, 3.05) is 18.1 Å². The van der Waals surface area contributed by atoms with Gasteiger partial charge in [-0.05, 0) is 26.0 Å². The molecule has 0 saturated carbocycles. The van der Waals surface area contributed by atoms with Crippen LogP contribution in [0.4, 0.5) is 10.5 Å². The monoisotopic (exact) mass is 223 g/mol. The SMILES string of the molecule is CCN(CC)OC(=O)N(N)c1ccccc1. The number of hydrogen-bond acceptors (Lipinski definition) is 4. The van der Waals surface area contributed by atoms with Crippen LogP contribution in [0.25, 0.3) is 0 Å². The van der Waals surface area contributed by atoms with Crippen LogP contribution in [0.1, 0.15) is 13.8 Å². The van der Waals surface area contributed by atoms with Crippen molar-refractivity contribution in [2.45, 2.75) is 13.8 Å². The van der Waals surface area contributed by atoms with Gasteiger partial charge in [0, 0.05) is 13.1 Å². The van der Waals surface area contributed by atoms with E-state index in [1.165, 1.54) is 5.06 Å². The van der Waals surface area contributed by atoms with Crippen LogP contribution in [-0.2, 0) is 4.84 Å². The van der Waals surface area contributed by atoms with E-state index in [9.17, 15) is 4.79 Å². The Morgan fingerprint density at radius 1 is 1.25 bits per heavy atom. The van der Waals surface area contributed by atoms with Gasteiger partial charge in [-0.2, -0.15) is 0 Å². The van der Waals surface area contributed by atoms with Crippen LogP contribution in [0.15, 0.2) is 30.3 Å². The maximum Gasteiger partial charge on any atom is 0.448 e. The molecule has 1 aromatic carbocycles. The van der Waals surface area contributed by atoms with Gasteiger partial charge in [-0.25, -0.2) is 15.6 Å². The first kappa shape index (κ1) is 12.5. The first-order chi connectivity index (χ1) is 7.69. The summed E-state index contributed by atoms with van der Waals surface area (Å²) in [6, 6.07) is 8.94. The Morgan fingerprint density at radius 3 is 2.31 bits per heavy atom. The predicted octanol–water partition coefficient (Wildman–Crippen LogP) is 1.76. The summed E-state index contributed by atoms with van der Waals surface area (Å²) in [7, 11) is 0. The zero-order valence-corrected chi connectivity index (χ0v) is 9.59. The second kappa shape index (κ2) is 6.09. The number of amides is 1. The number of benzene rings is 1. The molecule has 0 aliphatic heterocycles. The molecule has 0 saturated heterocycles. The fraction of sp³-hybridized carbons (Fsp3) is 0.364. The largest absolute Gasteiger partial charge is 0.448 e. The molecular formula is C11H17N3O2. The molecule has 0 radical (unpaired) electrons. The topological polar surface area (TPSA) is 58.8 Å². The molecule has 1 rings (SSSR count). The summed E-state index contributed by atoms with van der Waals surface area (Å²) in [5.41, 5.74) is 0.597. The second-order valence-corrected chi connectivity index (χ2v) is 3.18. The molecule has 0 fully saturated rings. The lowest BCUT2D eigenvalue weighted by Crippen LogP contribution is -2.42. The summed E-state index contributed by atoms with van der Waals surface area (Å²) in [6.45, 7) is 5.07. The van der Waals surface area contributed by atoms with Crippen LogP contribution in [0.2, 0.25) is 0 Å². The third kappa shape index (κ3) is 3.22. The third-order valence-corrected chi connectivity index (χ3v) is 2.14. The van der Waals surface area contributed by atoms with Gasteiger partial charge >= 0.3 is 6.09 Å². The average Bonchev–Trinajstić information content (AvgIpc) is 2.35. The fourth-order valence-electron chi connectivity index (χ4n) is 1.20. The lowest BCUT2D eigenvalue weighted by atomic mass is 10.3. The molecule has 0 unspecified atom stereocenters. The summed E-state index contributed by atoms with van der Waals surface area (Å²) in [5, 5.41) is 2.52. The van der Waals surface area contributed by atoms with Gasteiger partial charge in [0.2, 0.25) is 0 Å². The molecule has 0 aromatic heterocycles. The number of carbonyl (C=O) groups is 1. The molecule has 16 heavy (non-hydrogen) atoms. The number of hydrogen-bond donors (Lipinski definition) is 1. The highest BCUT2D eigenvalue weighted by molar-refractivity contribution is 5.85. The van der Waals surface area contributed by atoms with Gasteiger partial charge in [0.25, 0.3) is 0 Å².